The van der Waals surface area contributed by atoms with Gasteiger partial charge >= 0.3 is 0 Å². The number of benzene rings is 2. The van der Waals surface area contributed by atoms with E-state index >= 15 is 0 Å². The first-order valence-corrected chi connectivity index (χ1v) is 10.4. The van der Waals surface area contributed by atoms with Crippen LogP contribution in [0, 0.1) is 0 Å². The second-order valence-corrected chi connectivity index (χ2v) is 7.83. The summed E-state index contributed by atoms with van der Waals surface area (Å²) in [7, 11) is 0. The predicted octanol–water partition coefficient (Wildman–Crippen LogP) is 3.88. The van der Waals surface area contributed by atoms with E-state index in [0.717, 1.165) is 16.7 Å². The third-order valence-corrected chi connectivity index (χ3v) is 5.30. The molecule has 2 heterocycles. The van der Waals surface area contributed by atoms with E-state index in [0.29, 0.717) is 22.8 Å². The second kappa shape index (κ2) is 8.55. The van der Waals surface area contributed by atoms with Gasteiger partial charge in [-0.1, -0.05) is 57.2 Å². The van der Waals surface area contributed by atoms with Crippen LogP contribution in [-0.2, 0) is 17.8 Å². The van der Waals surface area contributed by atoms with Crippen LogP contribution < -0.4 is 10.9 Å². The van der Waals surface area contributed by atoms with Crippen molar-refractivity contribution in [1.82, 2.24) is 19.4 Å². The highest BCUT2D eigenvalue weighted by Gasteiger charge is 2.13. The summed E-state index contributed by atoms with van der Waals surface area (Å²) in [5, 5.41) is 11.4. The van der Waals surface area contributed by atoms with E-state index in [1.165, 1.54) is 22.0 Å². The van der Waals surface area contributed by atoms with Crippen LogP contribution >= 0.6 is 0 Å². The minimum atomic E-state index is -0.364. The van der Waals surface area contributed by atoms with Crippen LogP contribution in [0.3, 0.4) is 0 Å². The molecule has 158 valence electrons. The lowest BCUT2D eigenvalue weighted by molar-refractivity contribution is -0.117. The molecule has 0 aliphatic rings. The molecular formula is C24H25N5O2. The molecule has 2 aromatic carbocycles. The molecular weight excluding hydrogens is 390 g/mol. The smallest absolute Gasteiger partial charge is 0.293 e. The maximum absolute atomic E-state index is 12.8. The molecule has 0 bridgehead atoms. The Morgan fingerprint density at radius 1 is 1.06 bits per heavy atom. The van der Waals surface area contributed by atoms with Crippen molar-refractivity contribution in [2.75, 3.05) is 5.32 Å². The number of hydrogen-bond donors (Lipinski definition) is 1. The minimum absolute atomic E-state index is 0.174. The molecule has 4 rings (SSSR count). The molecule has 0 atom stereocenters. The highest BCUT2D eigenvalue weighted by molar-refractivity contribution is 5.90. The van der Waals surface area contributed by atoms with E-state index in [2.05, 4.69) is 36.3 Å². The Balaban J connectivity index is 1.53. The maximum atomic E-state index is 12.8. The summed E-state index contributed by atoms with van der Waals surface area (Å²) in [6, 6.07) is 17.5. The average molecular weight is 415 g/mol. The monoisotopic (exact) mass is 415 g/mol. The van der Waals surface area contributed by atoms with E-state index in [1.54, 1.807) is 6.07 Å². The number of hydrogen-bond acceptors (Lipinski definition) is 4. The number of carbonyl (C=O) groups is 1. The van der Waals surface area contributed by atoms with E-state index in [-0.39, 0.29) is 18.0 Å². The summed E-state index contributed by atoms with van der Waals surface area (Å²) in [6.45, 7) is 6.16. The van der Waals surface area contributed by atoms with Crippen LogP contribution in [-0.4, -0.2) is 25.3 Å². The molecule has 4 aromatic rings. The highest BCUT2D eigenvalue weighted by atomic mass is 16.2. The number of anilines is 1. The maximum Gasteiger partial charge on any atom is 0.293 e. The van der Waals surface area contributed by atoms with Crippen molar-refractivity contribution in [3.63, 3.8) is 0 Å². The van der Waals surface area contributed by atoms with Crippen molar-refractivity contribution in [3.05, 3.63) is 82.4 Å². The standard InChI is InChI=1S/C24H25N5O2/c1-4-17-5-7-19(8-6-17)21-13-22-24(31)28(25-15-29(22)27-21)14-23(30)26-20-11-9-18(10-12-20)16(2)3/h5-13,15-16H,4,14H2,1-3H3,(H,26,30). The van der Waals surface area contributed by atoms with Crippen molar-refractivity contribution < 1.29 is 4.79 Å². The third kappa shape index (κ3) is 4.40. The lowest BCUT2D eigenvalue weighted by atomic mass is 10.0. The Morgan fingerprint density at radius 3 is 2.42 bits per heavy atom. The van der Waals surface area contributed by atoms with E-state index in [1.807, 2.05) is 48.5 Å². The zero-order chi connectivity index (χ0) is 22.0. The second-order valence-electron chi connectivity index (χ2n) is 7.83. The molecule has 0 saturated heterocycles. The lowest BCUT2D eigenvalue weighted by Gasteiger charge is -2.09. The highest BCUT2D eigenvalue weighted by Crippen LogP contribution is 2.19. The first-order valence-electron chi connectivity index (χ1n) is 10.4. The van der Waals surface area contributed by atoms with Gasteiger partial charge in [0.05, 0.1) is 5.69 Å². The first kappa shape index (κ1) is 20.5. The van der Waals surface area contributed by atoms with Crippen LogP contribution in [0.1, 0.15) is 37.8 Å². The Hall–Kier alpha value is -3.74. The van der Waals surface area contributed by atoms with Crippen LogP contribution in [0.4, 0.5) is 5.69 Å². The van der Waals surface area contributed by atoms with Gasteiger partial charge in [0.25, 0.3) is 5.56 Å². The third-order valence-electron chi connectivity index (χ3n) is 5.30. The molecule has 0 saturated carbocycles. The number of nitrogens with one attached hydrogen (secondary N) is 1. The Bertz CT molecular complexity index is 1270. The molecule has 0 aliphatic carbocycles. The molecule has 0 radical (unpaired) electrons. The fourth-order valence-electron chi connectivity index (χ4n) is 3.39. The molecule has 7 nitrogen and oxygen atoms in total. The summed E-state index contributed by atoms with van der Waals surface area (Å²) in [6.07, 6.45) is 2.41. The van der Waals surface area contributed by atoms with Crippen molar-refractivity contribution in [2.45, 2.75) is 39.7 Å². The summed E-state index contributed by atoms with van der Waals surface area (Å²) < 4.78 is 2.60. The van der Waals surface area contributed by atoms with Crippen molar-refractivity contribution in [2.24, 2.45) is 0 Å². The Morgan fingerprint density at radius 2 is 1.77 bits per heavy atom. The van der Waals surface area contributed by atoms with E-state index < -0.39 is 0 Å². The van der Waals surface area contributed by atoms with Gasteiger partial charge in [0, 0.05) is 11.3 Å². The molecule has 1 N–H and O–H groups in total. The van der Waals surface area contributed by atoms with Crippen molar-refractivity contribution >= 4 is 17.1 Å². The number of aryl methyl sites for hydroxylation is 1. The molecule has 0 fully saturated rings. The molecule has 0 aliphatic heterocycles. The zero-order valence-corrected chi connectivity index (χ0v) is 17.9. The number of aromatic nitrogens is 4. The van der Waals surface area contributed by atoms with Gasteiger partial charge in [-0.15, -0.1) is 0 Å². The van der Waals surface area contributed by atoms with Gasteiger partial charge in [-0.25, -0.2) is 9.20 Å². The van der Waals surface area contributed by atoms with Crippen molar-refractivity contribution in [3.8, 4) is 11.3 Å². The fourth-order valence-corrected chi connectivity index (χ4v) is 3.39. The van der Waals surface area contributed by atoms with Gasteiger partial charge in [0.15, 0.2) is 0 Å². The number of amides is 1. The zero-order valence-electron chi connectivity index (χ0n) is 17.9. The van der Waals surface area contributed by atoms with Gasteiger partial charge in [0.2, 0.25) is 5.91 Å². The van der Waals surface area contributed by atoms with Crippen LogP contribution in [0.15, 0.2) is 65.7 Å². The number of carbonyl (C=O) groups excluding carboxylic acids is 1. The van der Waals surface area contributed by atoms with Gasteiger partial charge in [-0.05, 0) is 41.7 Å². The lowest BCUT2D eigenvalue weighted by Crippen LogP contribution is -2.30. The molecule has 2 aromatic heterocycles. The molecule has 0 unspecified atom stereocenters. The van der Waals surface area contributed by atoms with Gasteiger partial charge < -0.3 is 5.32 Å². The average Bonchev–Trinajstić information content (AvgIpc) is 3.21. The normalized spacial score (nSPS) is 11.2. The summed E-state index contributed by atoms with van der Waals surface area (Å²) >= 11 is 0. The van der Waals surface area contributed by atoms with Gasteiger partial charge in [-0.3, -0.25) is 9.59 Å². The van der Waals surface area contributed by atoms with Crippen LogP contribution in [0.2, 0.25) is 0 Å². The number of nitrogens with zero attached hydrogens (tertiary/aromatic N) is 4. The van der Waals surface area contributed by atoms with Gasteiger partial charge in [-0.2, -0.15) is 10.2 Å². The van der Waals surface area contributed by atoms with E-state index in [9.17, 15) is 9.59 Å². The summed E-state index contributed by atoms with van der Waals surface area (Å²) in [4.78, 5) is 25.3. The van der Waals surface area contributed by atoms with Gasteiger partial charge in [0.1, 0.15) is 18.4 Å². The first-order chi connectivity index (χ1) is 14.9. The number of rotatable bonds is 6. The SMILES string of the molecule is CCc1ccc(-c2cc3c(=O)n(CC(=O)Nc4ccc(C(C)C)cc4)ncn3n2)cc1. The molecule has 7 heteroatoms. The topological polar surface area (TPSA) is 81.3 Å². The molecule has 31 heavy (non-hydrogen) atoms. The fraction of sp³-hybridized carbons (Fsp3) is 0.250. The predicted molar refractivity (Wildman–Crippen MR) is 121 cm³/mol. The molecule has 0 spiro atoms. The quantitative estimate of drug-likeness (QED) is 0.518. The van der Waals surface area contributed by atoms with Crippen molar-refractivity contribution in [1.29, 1.82) is 0 Å². The Kier molecular flexibility index (Phi) is 5.66. The minimum Gasteiger partial charge on any atom is -0.324 e. The summed E-state index contributed by atoms with van der Waals surface area (Å²) in [5.41, 5.74) is 4.74. The summed E-state index contributed by atoms with van der Waals surface area (Å²) in [5.74, 6) is 0.107. The van der Waals surface area contributed by atoms with Crippen LogP contribution in [0.25, 0.3) is 16.8 Å². The van der Waals surface area contributed by atoms with Crippen LogP contribution in [0.5, 0.6) is 0 Å². The largest absolute Gasteiger partial charge is 0.324 e. The molecule has 1 amide bonds. The Labute approximate surface area is 180 Å². The van der Waals surface area contributed by atoms with E-state index in [4.69, 9.17) is 0 Å². The number of fused-ring (bicyclic) bond motifs is 1.